The van der Waals surface area contributed by atoms with E-state index < -0.39 is 12.1 Å². The highest BCUT2D eigenvalue weighted by molar-refractivity contribution is 5.89. The average molecular weight is 526 g/mol. The van der Waals surface area contributed by atoms with Gasteiger partial charge in [0, 0.05) is 44.6 Å². The van der Waals surface area contributed by atoms with Crippen molar-refractivity contribution in [2.45, 2.75) is 51.8 Å². The number of hydrogen-bond donors (Lipinski definition) is 0. The fraction of sp³-hybridized carbons (Fsp3) is 0.464. The molecular formula is C28H35N3O7. The van der Waals surface area contributed by atoms with Gasteiger partial charge >= 0.3 is 11.7 Å². The minimum Gasteiger partial charge on any atom is -0.493 e. The molecule has 0 unspecified atom stereocenters. The van der Waals surface area contributed by atoms with E-state index >= 15 is 0 Å². The van der Waals surface area contributed by atoms with E-state index in [0.29, 0.717) is 48.7 Å². The number of para-hydroxylation sites is 2. The number of fused-ring (bicyclic) bond motifs is 1. The first-order chi connectivity index (χ1) is 18.2. The van der Waals surface area contributed by atoms with Gasteiger partial charge < -0.3 is 18.9 Å². The van der Waals surface area contributed by atoms with E-state index in [1.54, 1.807) is 37.0 Å². The van der Waals surface area contributed by atoms with Crippen LogP contribution in [0.4, 0.5) is 0 Å². The highest BCUT2D eigenvalue weighted by Crippen LogP contribution is 2.42. The summed E-state index contributed by atoms with van der Waals surface area (Å²) in [6.45, 7) is 6.17. The lowest BCUT2D eigenvalue weighted by Gasteiger charge is -2.39. The summed E-state index contributed by atoms with van der Waals surface area (Å²) in [6.07, 6.45) is 0.830. The van der Waals surface area contributed by atoms with Gasteiger partial charge in [-0.2, -0.15) is 0 Å². The van der Waals surface area contributed by atoms with Crippen molar-refractivity contribution in [3.63, 3.8) is 0 Å². The standard InChI is InChI=1S/C28H35N3O7/c1-17(26(38-19(3)33)20-15-24(35-4)27(37-6)25(16-20)36-5)29-13-11-21(12-14-29)31-23-10-8-7-9-22(23)30(18(2)32)28(31)34/h7-10,15-17,21,26H,11-14H2,1-6H3/t17-,26+/m1/s1. The molecule has 204 valence electrons. The lowest BCUT2D eigenvalue weighted by atomic mass is 9.97. The number of nitrogens with zero attached hydrogens (tertiary/aromatic N) is 3. The molecule has 0 N–H and O–H groups in total. The third-order valence-electron chi connectivity index (χ3n) is 7.28. The average Bonchev–Trinajstić information content (AvgIpc) is 3.22. The van der Waals surface area contributed by atoms with Gasteiger partial charge in [-0.15, -0.1) is 0 Å². The van der Waals surface area contributed by atoms with Gasteiger partial charge in [-0.3, -0.25) is 19.1 Å². The summed E-state index contributed by atoms with van der Waals surface area (Å²) >= 11 is 0. The first kappa shape index (κ1) is 27.3. The molecule has 3 aromatic rings. The Hall–Kier alpha value is -3.79. The minimum atomic E-state index is -0.583. The van der Waals surface area contributed by atoms with Gasteiger partial charge in [-0.25, -0.2) is 9.36 Å². The molecule has 1 aliphatic heterocycles. The summed E-state index contributed by atoms with van der Waals surface area (Å²) in [6, 6.07) is 10.8. The molecule has 1 saturated heterocycles. The van der Waals surface area contributed by atoms with Gasteiger partial charge in [0.1, 0.15) is 6.10 Å². The van der Waals surface area contributed by atoms with Gasteiger partial charge in [0.2, 0.25) is 11.7 Å². The summed E-state index contributed by atoms with van der Waals surface area (Å²) in [5, 5.41) is 0. The van der Waals surface area contributed by atoms with Gasteiger partial charge in [-0.05, 0) is 44.0 Å². The zero-order valence-corrected chi connectivity index (χ0v) is 22.7. The summed E-state index contributed by atoms with van der Waals surface area (Å²) in [7, 11) is 4.62. The van der Waals surface area contributed by atoms with E-state index in [1.807, 2.05) is 25.1 Å². The fourth-order valence-corrected chi connectivity index (χ4v) is 5.46. The third-order valence-corrected chi connectivity index (χ3v) is 7.28. The maximum atomic E-state index is 13.2. The molecule has 10 heteroatoms. The van der Waals surface area contributed by atoms with Gasteiger partial charge in [-0.1, -0.05) is 12.1 Å². The number of carbonyl (C=O) groups excluding carboxylic acids is 2. The lowest BCUT2D eigenvalue weighted by Crippen LogP contribution is -2.45. The van der Waals surface area contributed by atoms with Crippen LogP contribution in [0.1, 0.15) is 56.1 Å². The van der Waals surface area contributed by atoms with Crippen LogP contribution in [0.5, 0.6) is 17.2 Å². The van der Waals surface area contributed by atoms with Crippen molar-refractivity contribution >= 4 is 22.9 Å². The van der Waals surface area contributed by atoms with Gasteiger partial charge in [0.25, 0.3) is 0 Å². The molecule has 0 amide bonds. The van der Waals surface area contributed by atoms with E-state index in [1.165, 1.54) is 25.5 Å². The topological polar surface area (TPSA) is 101 Å². The first-order valence-electron chi connectivity index (χ1n) is 12.7. The van der Waals surface area contributed by atoms with E-state index in [0.717, 1.165) is 11.1 Å². The van der Waals surface area contributed by atoms with Crippen molar-refractivity contribution in [2.24, 2.45) is 0 Å². The van der Waals surface area contributed by atoms with Crippen molar-refractivity contribution in [3.8, 4) is 17.2 Å². The Labute approximate surface area is 221 Å². The van der Waals surface area contributed by atoms with E-state index in [4.69, 9.17) is 18.9 Å². The summed E-state index contributed by atoms with van der Waals surface area (Å²) in [5.41, 5.74) is 1.80. The number of esters is 1. The Balaban J connectivity index is 1.60. The van der Waals surface area contributed by atoms with Crippen LogP contribution in [0.25, 0.3) is 11.0 Å². The van der Waals surface area contributed by atoms with Crippen LogP contribution in [0.3, 0.4) is 0 Å². The molecule has 0 radical (unpaired) electrons. The van der Waals surface area contributed by atoms with E-state index in [2.05, 4.69) is 4.90 Å². The molecule has 2 aromatic carbocycles. The molecule has 38 heavy (non-hydrogen) atoms. The van der Waals surface area contributed by atoms with Crippen molar-refractivity contribution in [1.82, 2.24) is 14.0 Å². The molecule has 0 saturated carbocycles. The second-order valence-electron chi connectivity index (χ2n) is 9.49. The highest BCUT2D eigenvalue weighted by Gasteiger charge is 2.33. The summed E-state index contributed by atoms with van der Waals surface area (Å²) in [4.78, 5) is 39.8. The molecule has 1 aliphatic rings. The van der Waals surface area contributed by atoms with Crippen molar-refractivity contribution in [2.75, 3.05) is 34.4 Å². The molecule has 0 spiro atoms. The van der Waals surface area contributed by atoms with Crippen LogP contribution in [0, 0.1) is 0 Å². The number of hydrogen-bond acceptors (Lipinski definition) is 8. The SMILES string of the molecule is COc1cc([C@@H](OC(C)=O)[C@@H](C)N2CCC(n3c(=O)n(C(C)=O)c4ccccc43)CC2)cc(OC)c1OC. The first-order valence-corrected chi connectivity index (χ1v) is 12.7. The molecule has 4 rings (SSSR count). The molecule has 1 aromatic heterocycles. The Kier molecular flexibility index (Phi) is 8.11. The minimum absolute atomic E-state index is 0.0511. The van der Waals surface area contributed by atoms with Crippen molar-refractivity contribution in [1.29, 1.82) is 0 Å². The number of aromatic nitrogens is 2. The third kappa shape index (κ3) is 5.00. The number of rotatable bonds is 8. The predicted molar refractivity (Wildman–Crippen MR) is 142 cm³/mol. The second-order valence-corrected chi connectivity index (χ2v) is 9.49. The summed E-state index contributed by atoms with van der Waals surface area (Å²) < 4.78 is 25.3. The van der Waals surface area contributed by atoms with E-state index in [-0.39, 0.29) is 23.7 Å². The van der Waals surface area contributed by atoms with Crippen molar-refractivity contribution < 1.29 is 28.5 Å². The van der Waals surface area contributed by atoms with E-state index in [9.17, 15) is 14.4 Å². The van der Waals surface area contributed by atoms with Gasteiger partial charge in [0.05, 0.1) is 32.4 Å². The number of piperidine rings is 1. The number of imidazole rings is 1. The molecule has 2 atom stereocenters. The van der Waals surface area contributed by atoms with Crippen molar-refractivity contribution in [3.05, 3.63) is 52.4 Å². The zero-order valence-electron chi connectivity index (χ0n) is 22.7. The number of methoxy groups -OCH3 is 3. The monoisotopic (exact) mass is 525 g/mol. The summed E-state index contributed by atoms with van der Waals surface area (Å²) in [5.74, 6) is 0.723. The van der Waals surface area contributed by atoms with Crippen LogP contribution in [0.15, 0.2) is 41.2 Å². The Bertz CT molecular complexity index is 1360. The maximum absolute atomic E-state index is 13.2. The predicted octanol–water partition coefficient (Wildman–Crippen LogP) is 3.82. The Morgan fingerprint density at radius 3 is 2.00 bits per heavy atom. The van der Waals surface area contributed by atoms with Crippen LogP contribution >= 0.6 is 0 Å². The molecule has 1 fully saturated rings. The lowest BCUT2D eigenvalue weighted by molar-refractivity contribution is -0.150. The second kappa shape index (κ2) is 11.3. The number of likely N-dealkylation sites (tertiary alicyclic amines) is 1. The number of benzene rings is 2. The quantitative estimate of drug-likeness (QED) is 0.409. The Morgan fingerprint density at radius 2 is 1.50 bits per heavy atom. The largest absolute Gasteiger partial charge is 0.493 e. The molecule has 0 bridgehead atoms. The molecule has 10 nitrogen and oxygen atoms in total. The normalized spacial score (nSPS) is 16.2. The molecular weight excluding hydrogens is 490 g/mol. The highest BCUT2D eigenvalue weighted by atomic mass is 16.5. The number of carbonyl (C=O) groups is 2. The number of ether oxygens (including phenoxy) is 4. The molecule has 2 heterocycles. The maximum Gasteiger partial charge on any atom is 0.336 e. The Morgan fingerprint density at radius 1 is 0.921 bits per heavy atom. The fourth-order valence-electron chi connectivity index (χ4n) is 5.46. The van der Waals surface area contributed by atoms with Crippen LogP contribution in [0.2, 0.25) is 0 Å². The van der Waals surface area contributed by atoms with Crippen LogP contribution < -0.4 is 19.9 Å². The van der Waals surface area contributed by atoms with Gasteiger partial charge in [0.15, 0.2) is 11.5 Å². The smallest absolute Gasteiger partial charge is 0.336 e. The van der Waals surface area contributed by atoms with Crippen LogP contribution in [-0.2, 0) is 9.53 Å². The van der Waals surface area contributed by atoms with Crippen LogP contribution in [-0.4, -0.2) is 66.4 Å². The molecule has 0 aliphatic carbocycles. The zero-order chi connectivity index (χ0) is 27.6.